The second kappa shape index (κ2) is 4.22. The van der Waals surface area contributed by atoms with Crippen LogP contribution in [0.2, 0.25) is 5.15 Å². The molecule has 0 aliphatic carbocycles. The van der Waals surface area contributed by atoms with Gasteiger partial charge in [-0.1, -0.05) is 11.6 Å². The molecule has 0 spiro atoms. The van der Waals surface area contributed by atoms with Gasteiger partial charge in [-0.05, 0) is 12.1 Å². The molecule has 0 bridgehead atoms. The van der Waals surface area contributed by atoms with Crippen LogP contribution in [0.15, 0.2) is 12.1 Å². The van der Waals surface area contributed by atoms with Crippen molar-refractivity contribution in [1.29, 1.82) is 0 Å². The van der Waals surface area contributed by atoms with E-state index in [4.69, 9.17) is 16.7 Å². The fourth-order valence-corrected chi connectivity index (χ4v) is 1.04. The molecule has 0 aliphatic rings. The summed E-state index contributed by atoms with van der Waals surface area (Å²) in [5.41, 5.74) is 0.349. The minimum absolute atomic E-state index is 0. The predicted molar refractivity (Wildman–Crippen MR) is 43.9 cm³/mol. The first-order valence-corrected chi connectivity index (χ1v) is 3.67. The number of aromatic nitrogens is 4. The molecule has 2 heterocycles. The maximum atomic E-state index is 10.6. The molecule has 14 heavy (non-hydrogen) atoms. The average molecular weight is 223 g/mol. The quantitative estimate of drug-likeness (QED) is 0.544. The molecule has 0 atom stereocenters. The van der Waals surface area contributed by atoms with Crippen molar-refractivity contribution in [3.05, 3.63) is 23.1 Å². The zero-order valence-corrected chi connectivity index (χ0v) is 9.93. The van der Waals surface area contributed by atoms with E-state index in [1.54, 1.807) is 0 Å². The van der Waals surface area contributed by atoms with Crippen LogP contribution in [0, 0.1) is 0 Å². The van der Waals surface area contributed by atoms with Gasteiger partial charge >= 0.3 is 35.5 Å². The topological polar surface area (TPSA) is 80.4 Å². The van der Waals surface area contributed by atoms with Gasteiger partial charge in [-0.25, -0.2) is 4.79 Å². The summed E-state index contributed by atoms with van der Waals surface area (Å²) in [5.74, 6) is -1.44. The summed E-state index contributed by atoms with van der Waals surface area (Å²) in [4.78, 5) is 10.6. The average Bonchev–Trinajstić information content (AvgIpc) is 2.46. The van der Waals surface area contributed by atoms with Crippen molar-refractivity contribution < 1.29 is 40.9 Å². The van der Waals surface area contributed by atoms with E-state index in [1.807, 2.05) is 0 Å². The van der Waals surface area contributed by atoms with Crippen molar-refractivity contribution in [2.45, 2.75) is 0 Å². The Labute approximate surface area is 107 Å². The zero-order valence-electron chi connectivity index (χ0n) is 8.18. The van der Waals surface area contributed by atoms with Gasteiger partial charge in [-0.15, -0.1) is 10.2 Å². The normalized spacial score (nSPS) is 9.79. The third-order valence-corrected chi connectivity index (χ3v) is 1.62. The van der Waals surface area contributed by atoms with Gasteiger partial charge in [0.05, 0.1) is 0 Å². The maximum absolute atomic E-state index is 10.6. The van der Waals surface area contributed by atoms with E-state index in [-0.39, 0.29) is 42.0 Å². The van der Waals surface area contributed by atoms with Crippen LogP contribution < -0.4 is 29.6 Å². The maximum Gasteiger partial charge on any atom is 1.00 e. The number of carboxylic acid groups (broad SMARTS) is 1. The smallest absolute Gasteiger partial charge is 1.00 e. The number of hydrogen-bond acceptors (Lipinski definition) is 4. The molecular weight excluding hydrogens is 219 g/mol. The van der Waals surface area contributed by atoms with Crippen molar-refractivity contribution in [2.75, 3.05) is 0 Å². The number of halogens is 1. The Morgan fingerprint density at radius 2 is 2.21 bits per heavy atom. The van der Waals surface area contributed by atoms with Crippen LogP contribution in [0.1, 0.15) is 12.0 Å². The van der Waals surface area contributed by atoms with Gasteiger partial charge in [-0.2, -0.15) is 9.61 Å². The minimum Gasteiger partial charge on any atom is -1.00 e. The van der Waals surface area contributed by atoms with Crippen LogP contribution in [0.3, 0.4) is 0 Å². The molecular formula is C6H4ClN4NaO2. The Balaban J connectivity index is 0.000000980. The Kier molecular flexibility index (Phi) is 3.43. The molecule has 6 nitrogen and oxygen atoms in total. The van der Waals surface area contributed by atoms with E-state index < -0.39 is 5.97 Å². The van der Waals surface area contributed by atoms with Crippen LogP contribution in [-0.4, -0.2) is 30.9 Å². The second-order valence-electron chi connectivity index (χ2n) is 2.25. The molecule has 0 saturated carbocycles. The molecule has 2 aromatic heterocycles. The molecule has 68 valence electrons. The van der Waals surface area contributed by atoms with Crippen LogP contribution in [0.5, 0.6) is 0 Å². The van der Waals surface area contributed by atoms with E-state index >= 15 is 0 Å². The van der Waals surface area contributed by atoms with Gasteiger partial charge in [0, 0.05) is 0 Å². The van der Waals surface area contributed by atoms with E-state index in [2.05, 4.69) is 15.3 Å². The van der Waals surface area contributed by atoms with Crippen LogP contribution >= 0.6 is 11.6 Å². The molecule has 0 aromatic carbocycles. The van der Waals surface area contributed by atoms with Crippen molar-refractivity contribution in [1.82, 2.24) is 19.8 Å². The van der Waals surface area contributed by atoms with E-state index in [1.165, 1.54) is 12.1 Å². The summed E-state index contributed by atoms with van der Waals surface area (Å²) in [6.07, 6.45) is 0. The summed E-state index contributed by atoms with van der Waals surface area (Å²) in [6.45, 7) is 0. The van der Waals surface area contributed by atoms with Crippen molar-refractivity contribution in [3.63, 3.8) is 0 Å². The summed E-state index contributed by atoms with van der Waals surface area (Å²) in [7, 11) is 0. The number of rotatable bonds is 1. The molecule has 0 unspecified atom stereocenters. The molecule has 2 rings (SSSR count). The molecule has 0 aliphatic heterocycles. The van der Waals surface area contributed by atoms with Gasteiger partial charge in [0.1, 0.15) is 5.15 Å². The fraction of sp³-hybridized carbons (Fsp3) is 0. The first-order chi connectivity index (χ1) is 6.18. The predicted octanol–water partition coefficient (Wildman–Crippen LogP) is -2.41. The number of aromatic carboxylic acids is 1. The fourth-order valence-electron chi connectivity index (χ4n) is 0.900. The summed E-state index contributed by atoms with van der Waals surface area (Å²) in [6, 6.07) is 3.05. The second-order valence-corrected chi connectivity index (χ2v) is 2.64. The zero-order chi connectivity index (χ0) is 9.42. The number of nitrogens with zero attached hydrogens (tertiary/aromatic N) is 4. The van der Waals surface area contributed by atoms with Crippen LogP contribution in [0.4, 0.5) is 0 Å². The van der Waals surface area contributed by atoms with E-state index in [9.17, 15) is 4.79 Å². The largest absolute Gasteiger partial charge is 1.00 e. The Morgan fingerprint density at radius 1 is 1.50 bits per heavy atom. The van der Waals surface area contributed by atoms with Gasteiger partial charge in [-0.3, -0.25) is 0 Å². The summed E-state index contributed by atoms with van der Waals surface area (Å²) < 4.78 is 1.07. The first kappa shape index (κ1) is 11.4. The number of carbonyl (C=O) groups is 1. The van der Waals surface area contributed by atoms with Crippen LogP contribution in [0.25, 0.3) is 5.65 Å². The van der Waals surface area contributed by atoms with Gasteiger partial charge < -0.3 is 6.53 Å². The molecule has 0 radical (unpaired) electrons. The van der Waals surface area contributed by atoms with Crippen molar-refractivity contribution in [2.24, 2.45) is 0 Å². The Morgan fingerprint density at radius 3 is 2.86 bits per heavy atom. The van der Waals surface area contributed by atoms with Crippen molar-refractivity contribution in [3.8, 4) is 0 Å². The first-order valence-electron chi connectivity index (χ1n) is 3.30. The molecule has 8 heteroatoms. The summed E-state index contributed by atoms with van der Waals surface area (Å²) in [5, 5.41) is 19.6. The number of carboxylic acids is 1. The molecule has 2 aromatic rings. The van der Waals surface area contributed by atoms with Crippen molar-refractivity contribution >= 4 is 23.2 Å². The van der Waals surface area contributed by atoms with E-state index in [0.29, 0.717) is 5.65 Å². The Hall–Kier alpha value is -0.690. The minimum atomic E-state index is -1.19. The Bertz CT molecular complexity index is 491. The van der Waals surface area contributed by atoms with Crippen LogP contribution in [-0.2, 0) is 0 Å². The number of fused-ring (bicyclic) bond motifs is 1. The third kappa shape index (κ3) is 1.88. The molecule has 0 amide bonds. The van der Waals surface area contributed by atoms with Gasteiger partial charge in [0.25, 0.3) is 5.82 Å². The molecule has 0 fully saturated rings. The standard InChI is InChI=1S/C6H3ClN4O2.Na.H/c7-3-1-2-4-8-9-5(6(12)13)11(4)10-3;;/h1-2H,(H,12,13);;/q;+1;-1. The van der Waals surface area contributed by atoms with Gasteiger partial charge in [0.15, 0.2) is 5.65 Å². The SMILES string of the molecule is O=C(O)c1nnc2ccc(Cl)nn12.[H-].[Na+]. The van der Waals surface area contributed by atoms with Gasteiger partial charge in [0.2, 0.25) is 0 Å². The molecule has 1 N–H and O–H groups in total. The molecule has 0 saturated heterocycles. The summed E-state index contributed by atoms with van der Waals surface area (Å²) >= 11 is 5.57. The third-order valence-electron chi connectivity index (χ3n) is 1.42. The van der Waals surface area contributed by atoms with E-state index in [0.717, 1.165) is 4.52 Å². The monoisotopic (exact) mass is 222 g/mol. The number of hydrogen-bond donors (Lipinski definition) is 1.